The second-order valence-corrected chi connectivity index (χ2v) is 7.25. The van der Waals surface area contributed by atoms with Crippen LogP contribution in [0.3, 0.4) is 0 Å². The van der Waals surface area contributed by atoms with Crippen molar-refractivity contribution in [3.63, 3.8) is 0 Å². The summed E-state index contributed by atoms with van der Waals surface area (Å²) in [6, 6.07) is 14.3. The maximum absolute atomic E-state index is 9.54. The average Bonchev–Trinajstić information content (AvgIpc) is 2.78. The van der Waals surface area contributed by atoms with Crippen LogP contribution in [-0.4, -0.2) is 15.3 Å². The fourth-order valence-corrected chi connectivity index (χ4v) is 4.15. The molecule has 1 unspecified atom stereocenters. The minimum absolute atomic E-state index is 0.467. The van der Waals surface area contributed by atoms with Gasteiger partial charge in [-0.2, -0.15) is 0 Å². The fourth-order valence-electron chi connectivity index (χ4n) is 1.99. The first-order chi connectivity index (χ1) is 8.79. The molecular formula is C12H9BO2S3. The number of rotatable bonds is 2. The summed E-state index contributed by atoms with van der Waals surface area (Å²) in [5, 5.41) is 2.44. The van der Waals surface area contributed by atoms with Gasteiger partial charge in [-0.1, -0.05) is 0 Å². The number of fused-ring (bicyclic) bond motifs is 3. The van der Waals surface area contributed by atoms with Gasteiger partial charge in [-0.05, 0) is 0 Å². The van der Waals surface area contributed by atoms with Crippen LogP contribution >= 0.6 is 32.0 Å². The van der Waals surface area contributed by atoms with Gasteiger partial charge in [0.25, 0.3) is 0 Å². The summed E-state index contributed by atoms with van der Waals surface area (Å²) < 4.78 is 20.8. The third-order valence-corrected chi connectivity index (χ3v) is 5.33. The summed E-state index contributed by atoms with van der Waals surface area (Å²) in [5.41, 5.74) is 0.973. The van der Waals surface area contributed by atoms with Crippen molar-refractivity contribution in [2.75, 3.05) is 0 Å². The Morgan fingerprint density at radius 2 is 1.83 bits per heavy atom. The summed E-state index contributed by atoms with van der Waals surface area (Å²) in [4.78, 5) is 0. The van der Waals surface area contributed by atoms with Crippen LogP contribution in [0.2, 0.25) is 0 Å². The molecule has 0 aliphatic heterocycles. The van der Waals surface area contributed by atoms with Gasteiger partial charge in [0, 0.05) is 0 Å². The molecule has 3 rings (SSSR count). The SMILES string of the molecule is OS/S(O)=B/c1cccc2c1sc1ccccc12. The normalized spacial score (nSPS) is 13.0. The van der Waals surface area contributed by atoms with Crippen molar-refractivity contribution in [1.82, 2.24) is 0 Å². The number of thiophene rings is 1. The van der Waals surface area contributed by atoms with Crippen LogP contribution in [0.15, 0.2) is 42.5 Å². The van der Waals surface area contributed by atoms with Crippen molar-refractivity contribution in [3.8, 4) is 0 Å². The molecule has 0 spiro atoms. The molecule has 1 heterocycles. The zero-order valence-electron chi connectivity index (χ0n) is 9.24. The zero-order valence-corrected chi connectivity index (χ0v) is 11.7. The zero-order chi connectivity index (χ0) is 12.5. The van der Waals surface area contributed by atoms with Gasteiger partial charge >= 0.3 is 115 Å². The van der Waals surface area contributed by atoms with Crippen molar-refractivity contribution in [3.05, 3.63) is 42.5 Å². The van der Waals surface area contributed by atoms with Crippen LogP contribution in [0.4, 0.5) is 0 Å². The van der Waals surface area contributed by atoms with Gasteiger partial charge in [-0.3, -0.25) is 0 Å². The van der Waals surface area contributed by atoms with Crippen molar-refractivity contribution < 1.29 is 9.11 Å². The van der Waals surface area contributed by atoms with E-state index >= 15 is 0 Å². The molecular weight excluding hydrogens is 283 g/mol. The van der Waals surface area contributed by atoms with Crippen molar-refractivity contribution >= 4 is 63.8 Å². The molecule has 0 radical (unpaired) electrons. The van der Waals surface area contributed by atoms with E-state index in [1.165, 1.54) is 15.5 Å². The summed E-state index contributed by atoms with van der Waals surface area (Å²) in [7, 11) is -1.15. The summed E-state index contributed by atoms with van der Waals surface area (Å²) in [5.74, 6) is 0. The molecule has 0 bridgehead atoms. The monoisotopic (exact) mass is 292 g/mol. The van der Waals surface area contributed by atoms with E-state index < -0.39 is 9.63 Å². The topological polar surface area (TPSA) is 40.5 Å². The Kier molecular flexibility index (Phi) is 3.54. The van der Waals surface area contributed by atoms with Crippen LogP contribution in [0.25, 0.3) is 20.2 Å². The molecule has 0 fully saturated rings. The predicted molar refractivity (Wildman–Crippen MR) is 85.2 cm³/mol. The van der Waals surface area contributed by atoms with Crippen LogP contribution < -0.4 is 5.46 Å². The first-order valence-electron chi connectivity index (χ1n) is 5.29. The Morgan fingerprint density at radius 1 is 1.06 bits per heavy atom. The third-order valence-electron chi connectivity index (χ3n) is 2.74. The minimum atomic E-state index is -1.15. The Labute approximate surface area is 115 Å². The second kappa shape index (κ2) is 5.15. The van der Waals surface area contributed by atoms with E-state index in [-0.39, 0.29) is 0 Å². The molecule has 3 aromatic rings. The predicted octanol–water partition coefficient (Wildman–Crippen LogP) is 4.16. The summed E-state index contributed by atoms with van der Waals surface area (Å²) in [6.07, 6.45) is 1.70. The van der Waals surface area contributed by atoms with Gasteiger partial charge in [0.2, 0.25) is 0 Å². The quantitative estimate of drug-likeness (QED) is 0.423. The first kappa shape index (κ1) is 12.4. The standard InChI is InChI=1S/C12H9BO2S3/c14-17-18(15)13-10-6-3-5-9-8-4-1-2-7-11(8)16-12(9)10/h1-7,14-15H. The Hall–Kier alpha value is -0.655. The molecule has 0 saturated carbocycles. The molecule has 0 amide bonds. The van der Waals surface area contributed by atoms with Crippen LogP contribution in [0.5, 0.6) is 0 Å². The van der Waals surface area contributed by atoms with Gasteiger partial charge in [0.05, 0.1) is 0 Å². The van der Waals surface area contributed by atoms with E-state index in [2.05, 4.69) is 18.2 Å². The van der Waals surface area contributed by atoms with Crippen LogP contribution in [0.1, 0.15) is 0 Å². The van der Waals surface area contributed by atoms with Gasteiger partial charge < -0.3 is 0 Å². The summed E-state index contributed by atoms with van der Waals surface area (Å²) in [6.45, 7) is 0. The first-order valence-corrected chi connectivity index (χ1v) is 8.64. The molecule has 1 aromatic heterocycles. The molecule has 2 nitrogen and oxygen atoms in total. The van der Waals surface area contributed by atoms with E-state index in [1.807, 2.05) is 24.3 Å². The Bertz CT molecular complexity index is 751. The van der Waals surface area contributed by atoms with Crippen LogP contribution in [0, 0.1) is 0 Å². The van der Waals surface area contributed by atoms with Gasteiger partial charge in [0.1, 0.15) is 0 Å². The molecule has 0 saturated heterocycles. The van der Waals surface area contributed by atoms with Crippen molar-refractivity contribution in [2.24, 2.45) is 0 Å². The van der Waals surface area contributed by atoms with Gasteiger partial charge in [-0.15, -0.1) is 0 Å². The Balaban J connectivity index is 2.34. The second-order valence-electron chi connectivity index (χ2n) is 3.79. The molecule has 1 atom stereocenters. The van der Waals surface area contributed by atoms with Gasteiger partial charge in [-0.25, -0.2) is 0 Å². The molecule has 18 heavy (non-hydrogen) atoms. The molecule has 0 aliphatic rings. The van der Waals surface area contributed by atoms with Crippen molar-refractivity contribution in [1.29, 1.82) is 0 Å². The Morgan fingerprint density at radius 3 is 2.67 bits per heavy atom. The van der Waals surface area contributed by atoms with Crippen LogP contribution in [-0.2, 0) is 0 Å². The van der Waals surface area contributed by atoms with Crippen molar-refractivity contribution in [2.45, 2.75) is 0 Å². The van der Waals surface area contributed by atoms with E-state index in [0.29, 0.717) is 11.1 Å². The molecule has 0 aliphatic carbocycles. The molecule has 2 N–H and O–H groups in total. The number of hydrogen-bond acceptors (Lipinski definition) is 4. The molecule has 6 heteroatoms. The van der Waals surface area contributed by atoms with E-state index in [4.69, 9.17) is 4.55 Å². The molecule has 2 aromatic carbocycles. The van der Waals surface area contributed by atoms with E-state index in [0.717, 1.165) is 10.2 Å². The maximum atomic E-state index is 9.54. The number of hydrogen-bond donors (Lipinski definition) is 2. The third kappa shape index (κ3) is 2.15. The number of benzene rings is 2. The van der Waals surface area contributed by atoms with E-state index in [9.17, 15) is 4.55 Å². The van der Waals surface area contributed by atoms with E-state index in [1.54, 1.807) is 17.5 Å². The van der Waals surface area contributed by atoms with Gasteiger partial charge in [0.15, 0.2) is 0 Å². The molecule has 90 valence electrons. The summed E-state index contributed by atoms with van der Waals surface area (Å²) >= 11 is 2.18. The average molecular weight is 292 g/mol. The fraction of sp³-hybridized carbons (Fsp3) is 0.